The van der Waals surface area contributed by atoms with Gasteiger partial charge in [-0.25, -0.2) is 0 Å². The van der Waals surface area contributed by atoms with Crippen LogP contribution in [0.4, 0.5) is 0 Å². The van der Waals surface area contributed by atoms with Gasteiger partial charge in [-0.3, -0.25) is 0 Å². The van der Waals surface area contributed by atoms with Crippen molar-refractivity contribution in [3.05, 3.63) is 33.5 Å². The molecular formula is C13H14BrClN4. The fourth-order valence-electron chi connectivity index (χ4n) is 2.63. The van der Waals surface area contributed by atoms with E-state index in [-0.39, 0.29) is 0 Å². The maximum Gasteiger partial charge on any atom is 0.159 e. The van der Waals surface area contributed by atoms with Gasteiger partial charge in [-0.15, -0.1) is 5.10 Å². The minimum absolute atomic E-state index is 0.453. The van der Waals surface area contributed by atoms with Gasteiger partial charge in [0.25, 0.3) is 0 Å². The van der Waals surface area contributed by atoms with Crippen molar-refractivity contribution in [1.82, 2.24) is 20.2 Å². The lowest BCUT2D eigenvalue weighted by Crippen LogP contribution is -2.12. The highest BCUT2D eigenvalue weighted by molar-refractivity contribution is 9.10. The Balaban J connectivity index is 2.01. The predicted octanol–water partition coefficient (Wildman–Crippen LogP) is 4.13. The van der Waals surface area contributed by atoms with Gasteiger partial charge in [0.15, 0.2) is 5.82 Å². The van der Waals surface area contributed by atoms with Gasteiger partial charge in [0, 0.05) is 15.4 Å². The first kappa shape index (κ1) is 13.1. The molecule has 0 saturated heterocycles. The third kappa shape index (κ3) is 2.67. The fraction of sp³-hybridized carbons (Fsp3) is 0.462. The minimum atomic E-state index is 0.453. The predicted molar refractivity (Wildman–Crippen MR) is 77.7 cm³/mol. The Bertz CT molecular complexity index is 578. The molecule has 0 spiro atoms. The largest absolute Gasteiger partial charge is 0.196 e. The van der Waals surface area contributed by atoms with Gasteiger partial charge in [-0.05, 0) is 57.4 Å². The highest BCUT2D eigenvalue weighted by atomic mass is 79.9. The molecule has 3 rings (SSSR count). The molecule has 1 aliphatic carbocycles. The normalized spacial score (nSPS) is 16.7. The standard InChI is InChI=1S/C13H14BrClN4/c14-11-7-6-10(15)8-12(11)19-13(16-17-18-19)9-4-2-1-3-5-9/h6-9H,1-5H2. The quantitative estimate of drug-likeness (QED) is 0.825. The molecule has 0 radical (unpaired) electrons. The molecule has 100 valence electrons. The number of hydrogen-bond donors (Lipinski definition) is 0. The highest BCUT2D eigenvalue weighted by Crippen LogP contribution is 2.33. The van der Waals surface area contributed by atoms with Crippen molar-refractivity contribution in [1.29, 1.82) is 0 Å². The van der Waals surface area contributed by atoms with Gasteiger partial charge in [0.05, 0.1) is 5.69 Å². The Kier molecular flexibility index (Phi) is 3.84. The number of rotatable bonds is 2. The Morgan fingerprint density at radius 3 is 2.79 bits per heavy atom. The summed E-state index contributed by atoms with van der Waals surface area (Å²) in [5.41, 5.74) is 0.901. The summed E-state index contributed by atoms with van der Waals surface area (Å²) in [6.07, 6.45) is 6.17. The molecule has 19 heavy (non-hydrogen) atoms. The van der Waals surface area contributed by atoms with E-state index < -0.39 is 0 Å². The van der Waals surface area contributed by atoms with Crippen molar-refractivity contribution in [3.8, 4) is 5.69 Å². The lowest BCUT2D eigenvalue weighted by atomic mass is 9.89. The summed E-state index contributed by atoms with van der Waals surface area (Å²) < 4.78 is 2.76. The molecule has 0 aliphatic heterocycles. The van der Waals surface area contributed by atoms with Crippen molar-refractivity contribution < 1.29 is 0 Å². The highest BCUT2D eigenvalue weighted by Gasteiger charge is 2.23. The van der Waals surface area contributed by atoms with Crippen molar-refractivity contribution >= 4 is 27.5 Å². The van der Waals surface area contributed by atoms with Crippen LogP contribution in [0.2, 0.25) is 5.02 Å². The second kappa shape index (κ2) is 5.59. The van der Waals surface area contributed by atoms with Gasteiger partial charge in [-0.1, -0.05) is 30.9 Å². The van der Waals surface area contributed by atoms with Crippen LogP contribution in [-0.4, -0.2) is 20.2 Å². The van der Waals surface area contributed by atoms with Crippen LogP contribution in [0.1, 0.15) is 43.8 Å². The van der Waals surface area contributed by atoms with Crippen LogP contribution in [-0.2, 0) is 0 Å². The maximum atomic E-state index is 6.07. The van der Waals surface area contributed by atoms with Crippen molar-refractivity contribution in [2.75, 3.05) is 0 Å². The van der Waals surface area contributed by atoms with Crippen molar-refractivity contribution in [3.63, 3.8) is 0 Å². The van der Waals surface area contributed by atoms with E-state index in [9.17, 15) is 0 Å². The number of nitrogens with zero attached hydrogens (tertiary/aromatic N) is 4. The minimum Gasteiger partial charge on any atom is -0.196 e. The van der Waals surface area contributed by atoms with Gasteiger partial charge in [-0.2, -0.15) is 4.68 Å². The van der Waals surface area contributed by atoms with E-state index in [1.807, 2.05) is 22.9 Å². The Hall–Kier alpha value is -0.940. The molecular weight excluding hydrogens is 328 g/mol. The van der Waals surface area contributed by atoms with E-state index in [1.165, 1.54) is 32.1 Å². The zero-order valence-electron chi connectivity index (χ0n) is 10.4. The molecule has 0 atom stereocenters. The first-order chi connectivity index (χ1) is 9.25. The maximum absolute atomic E-state index is 6.07. The van der Waals surface area contributed by atoms with Crippen molar-refractivity contribution in [2.45, 2.75) is 38.0 Å². The molecule has 0 N–H and O–H groups in total. The summed E-state index contributed by atoms with van der Waals surface area (Å²) in [6.45, 7) is 0. The van der Waals surface area contributed by atoms with E-state index in [4.69, 9.17) is 11.6 Å². The van der Waals surface area contributed by atoms with E-state index >= 15 is 0 Å². The molecule has 2 aromatic rings. The summed E-state index contributed by atoms with van der Waals surface area (Å²) in [6, 6.07) is 5.65. The number of aromatic nitrogens is 4. The van der Waals surface area contributed by atoms with Gasteiger partial charge in [0.2, 0.25) is 0 Å². The van der Waals surface area contributed by atoms with Crippen LogP contribution < -0.4 is 0 Å². The first-order valence-electron chi connectivity index (χ1n) is 6.49. The molecule has 1 heterocycles. The summed E-state index contributed by atoms with van der Waals surface area (Å²) >= 11 is 9.60. The number of tetrazole rings is 1. The first-order valence-corrected chi connectivity index (χ1v) is 7.66. The molecule has 0 bridgehead atoms. The smallest absolute Gasteiger partial charge is 0.159 e. The van der Waals surface area contributed by atoms with E-state index in [0.717, 1.165) is 16.0 Å². The second-order valence-corrected chi connectivity index (χ2v) is 6.17. The van der Waals surface area contributed by atoms with Crippen LogP contribution in [0.15, 0.2) is 22.7 Å². The van der Waals surface area contributed by atoms with E-state index in [1.54, 1.807) is 0 Å². The van der Waals surface area contributed by atoms with E-state index in [0.29, 0.717) is 10.9 Å². The Morgan fingerprint density at radius 2 is 2.00 bits per heavy atom. The average molecular weight is 342 g/mol. The van der Waals surface area contributed by atoms with Crippen LogP contribution >= 0.6 is 27.5 Å². The summed E-state index contributed by atoms with van der Waals surface area (Å²) in [7, 11) is 0. The SMILES string of the molecule is Clc1ccc(Br)c(-n2nnnc2C2CCCCC2)c1. The van der Waals surface area contributed by atoms with Gasteiger partial charge >= 0.3 is 0 Å². The topological polar surface area (TPSA) is 43.6 Å². The molecule has 1 fully saturated rings. The Morgan fingerprint density at radius 1 is 1.21 bits per heavy atom. The molecule has 4 nitrogen and oxygen atoms in total. The molecule has 0 unspecified atom stereocenters. The number of halogens is 2. The van der Waals surface area contributed by atoms with Crippen LogP contribution in [0, 0.1) is 0 Å². The second-order valence-electron chi connectivity index (χ2n) is 4.88. The lowest BCUT2D eigenvalue weighted by molar-refractivity contribution is 0.422. The fourth-order valence-corrected chi connectivity index (χ4v) is 3.21. The van der Waals surface area contributed by atoms with Crippen molar-refractivity contribution in [2.24, 2.45) is 0 Å². The monoisotopic (exact) mass is 340 g/mol. The van der Waals surface area contributed by atoms with Crippen LogP contribution in [0.5, 0.6) is 0 Å². The summed E-state index contributed by atoms with van der Waals surface area (Å²) in [5.74, 6) is 1.40. The summed E-state index contributed by atoms with van der Waals surface area (Å²) in [5, 5.41) is 12.9. The molecule has 0 amide bonds. The molecule has 1 aromatic heterocycles. The van der Waals surface area contributed by atoms with E-state index in [2.05, 4.69) is 31.5 Å². The third-order valence-electron chi connectivity index (χ3n) is 3.60. The molecule has 1 aromatic carbocycles. The van der Waals surface area contributed by atoms with Crippen LogP contribution in [0.25, 0.3) is 5.69 Å². The average Bonchev–Trinajstić information content (AvgIpc) is 2.91. The number of hydrogen-bond acceptors (Lipinski definition) is 3. The van der Waals surface area contributed by atoms with Gasteiger partial charge in [0.1, 0.15) is 0 Å². The molecule has 1 aliphatic rings. The number of benzene rings is 1. The Labute approximate surface area is 125 Å². The zero-order valence-corrected chi connectivity index (χ0v) is 12.7. The third-order valence-corrected chi connectivity index (χ3v) is 4.51. The lowest BCUT2D eigenvalue weighted by Gasteiger charge is -2.20. The molecule has 1 saturated carbocycles. The molecule has 6 heteroatoms. The zero-order chi connectivity index (χ0) is 13.2. The van der Waals surface area contributed by atoms with Crippen LogP contribution in [0.3, 0.4) is 0 Å². The summed E-state index contributed by atoms with van der Waals surface area (Å²) in [4.78, 5) is 0. The van der Waals surface area contributed by atoms with Gasteiger partial charge < -0.3 is 0 Å².